The second kappa shape index (κ2) is 4.94. The van der Waals surface area contributed by atoms with Crippen LogP contribution in [0.2, 0.25) is 0 Å². The lowest BCUT2D eigenvalue weighted by Crippen LogP contribution is -2.29. The Hall–Kier alpha value is -0.610. The van der Waals surface area contributed by atoms with E-state index in [1.165, 1.54) is 11.3 Å². The summed E-state index contributed by atoms with van der Waals surface area (Å²) in [5, 5.41) is 2.79. The van der Waals surface area contributed by atoms with Crippen molar-refractivity contribution in [2.24, 2.45) is 0 Å². The molecule has 5 heteroatoms. The van der Waals surface area contributed by atoms with Crippen LogP contribution in [0.5, 0.6) is 0 Å². The van der Waals surface area contributed by atoms with Gasteiger partial charge in [0.05, 0.1) is 18.0 Å². The molecule has 1 aromatic rings. The Morgan fingerprint density at radius 1 is 1.53 bits per heavy atom. The number of carbonyl (C=O) groups excluding carboxylic acids is 1. The summed E-state index contributed by atoms with van der Waals surface area (Å²) in [6, 6.07) is 0. The number of aromatic nitrogens is 1. The van der Waals surface area contributed by atoms with E-state index in [1.807, 2.05) is 10.3 Å². The molecule has 1 aliphatic heterocycles. The van der Waals surface area contributed by atoms with Crippen LogP contribution in [0.15, 0.2) is 5.38 Å². The first kappa shape index (κ1) is 10.9. The molecular formula is C10H13ClN2OS. The van der Waals surface area contributed by atoms with Crippen molar-refractivity contribution < 1.29 is 4.79 Å². The van der Waals surface area contributed by atoms with Crippen molar-refractivity contribution in [3.8, 4) is 0 Å². The van der Waals surface area contributed by atoms with E-state index < -0.39 is 0 Å². The van der Waals surface area contributed by atoms with E-state index in [1.54, 1.807) is 0 Å². The lowest BCUT2D eigenvalue weighted by molar-refractivity contribution is -0.129. The third-order valence-electron chi connectivity index (χ3n) is 2.50. The average molecular weight is 245 g/mol. The summed E-state index contributed by atoms with van der Waals surface area (Å²) < 4.78 is 0. The summed E-state index contributed by atoms with van der Waals surface area (Å²) in [4.78, 5) is 18.0. The van der Waals surface area contributed by atoms with Crippen LogP contribution in [0.1, 0.15) is 23.5 Å². The minimum absolute atomic E-state index is 0.197. The minimum Gasteiger partial charge on any atom is -0.342 e. The molecule has 1 aliphatic rings. The average Bonchev–Trinajstić information content (AvgIpc) is 2.87. The molecule has 0 radical (unpaired) electrons. The van der Waals surface area contributed by atoms with Crippen LogP contribution in [0.3, 0.4) is 0 Å². The van der Waals surface area contributed by atoms with Crippen LogP contribution >= 0.6 is 22.9 Å². The maximum Gasteiger partial charge on any atom is 0.229 e. The zero-order valence-corrected chi connectivity index (χ0v) is 9.98. The summed E-state index contributed by atoms with van der Waals surface area (Å²) in [6.45, 7) is 1.82. The number of rotatable bonds is 3. The van der Waals surface area contributed by atoms with Crippen molar-refractivity contribution in [2.75, 3.05) is 13.1 Å². The van der Waals surface area contributed by atoms with Gasteiger partial charge in [-0.25, -0.2) is 4.98 Å². The number of alkyl halides is 1. The largest absolute Gasteiger partial charge is 0.342 e. The van der Waals surface area contributed by atoms with Gasteiger partial charge in [0.15, 0.2) is 0 Å². The van der Waals surface area contributed by atoms with E-state index in [0.717, 1.165) is 36.6 Å². The molecular weight excluding hydrogens is 232 g/mol. The molecule has 0 spiro atoms. The molecule has 0 aromatic carbocycles. The first-order valence-electron chi connectivity index (χ1n) is 5.06. The highest BCUT2D eigenvalue weighted by Gasteiger charge is 2.18. The van der Waals surface area contributed by atoms with Gasteiger partial charge >= 0.3 is 0 Å². The molecule has 1 aromatic heterocycles. The van der Waals surface area contributed by atoms with Crippen LogP contribution in [0.25, 0.3) is 0 Å². The molecule has 0 aliphatic carbocycles. The molecule has 1 fully saturated rings. The SMILES string of the molecule is O=C(Cc1nc(CCl)cs1)N1CCCC1. The fourth-order valence-corrected chi connectivity index (χ4v) is 2.71. The van der Waals surface area contributed by atoms with Crippen molar-refractivity contribution in [1.29, 1.82) is 0 Å². The molecule has 2 heterocycles. The van der Waals surface area contributed by atoms with E-state index in [2.05, 4.69) is 4.98 Å². The Kier molecular flexibility index (Phi) is 3.59. The fourth-order valence-electron chi connectivity index (χ4n) is 1.70. The normalized spacial score (nSPS) is 15.9. The van der Waals surface area contributed by atoms with Gasteiger partial charge in [-0.1, -0.05) is 0 Å². The minimum atomic E-state index is 0.197. The number of hydrogen-bond acceptors (Lipinski definition) is 3. The van der Waals surface area contributed by atoms with E-state index in [-0.39, 0.29) is 5.91 Å². The van der Waals surface area contributed by atoms with Crippen molar-refractivity contribution >= 4 is 28.8 Å². The first-order valence-corrected chi connectivity index (χ1v) is 6.48. The van der Waals surface area contributed by atoms with Crippen molar-refractivity contribution in [2.45, 2.75) is 25.1 Å². The van der Waals surface area contributed by atoms with Gasteiger partial charge in [-0.05, 0) is 12.8 Å². The van der Waals surface area contributed by atoms with E-state index in [9.17, 15) is 4.79 Å². The lowest BCUT2D eigenvalue weighted by Gasteiger charge is -2.13. The Morgan fingerprint density at radius 3 is 2.87 bits per heavy atom. The topological polar surface area (TPSA) is 33.2 Å². The van der Waals surface area contributed by atoms with Gasteiger partial charge in [0.25, 0.3) is 0 Å². The smallest absolute Gasteiger partial charge is 0.229 e. The molecule has 82 valence electrons. The third-order valence-corrected chi connectivity index (χ3v) is 3.67. The van der Waals surface area contributed by atoms with Crippen LogP contribution < -0.4 is 0 Å². The maximum absolute atomic E-state index is 11.8. The predicted octanol–water partition coefficient (Wildman–Crippen LogP) is 2.05. The highest BCUT2D eigenvalue weighted by molar-refractivity contribution is 7.09. The Balaban J connectivity index is 1.92. The number of hydrogen-bond donors (Lipinski definition) is 0. The molecule has 2 rings (SSSR count). The van der Waals surface area contributed by atoms with Crippen molar-refractivity contribution in [1.82, 2.24) is 9.88 Å². The van der Waals surface area contributed by atoms with Crippen LogP contribution in [-0.4, -0.2) is 28.9 Å². The summed E-state index contributed by atoms with van der Waals surface area (Å²) >= 11 is 7.17. The third kappa shape index (κ3) is 2.69. The van der Waals surface area contributed by atoms with E-state index in [4.69, 9.17) is 11.6 Å². The second-order valence-electron chi connectivity index (χ2n) is 3.63. The van der Waals surface area contributed by atoms with E-state index in [0.29, 0.717) is 12.3 Å². The zero-order valence-electron chi connectivity index (χ0n) is 8.41. The molecule has 15 heavy (non-hydrogen) atoms. The molecule has 1 saturated heterocycles. The van der Waals surface area contributed by atoms with Gasteiger partial charge in [0.1, 0.15) is 5.01 Å². The van der Waals surface area contributed by atoms with Gasteiger partial charge < -0.3 is 4.90 Å². The molecule has 3 nitrogen and oxygen atoms in total. The lowest BCUT2D eigenvalue weighted by atomic mass is 10.4. The zero-order chi connectivity index (χ0) is 10.7. The van der Waals surface area contributed by atoms with Crippen molar-refractivity contribution in [3.63, 3.8) is 0 Å². The Morgan fingerprint density at radius 2 is 2.27 bits per heavy atom. The summed E-state index contributed by atoms with van der Waals surface area (Å²) in [5.41, 5.74) is 0.867. The summed E-state index contributed by atoms with van der Waals surface area (Å²) in [6.07, 6.45) is 2.70. The highest BCUT2D eigenvalue weighted by Crippen LogP contribution is 2.15. The van der Waals surface area contributed by atoms with Crippen LogP contribution in [-0.2, 0) is 17.1 Å². The molecule has 1 amide bonds. The number of thiazole rings is 1. The fraction of sp³-hybridized carbons (Fsp3) is 0.600. The van der Waals surface area contributed by atoms with E-state index >= 15 is 0 Å². The summed E-state index contributed by atoms with van der Waals surface area (Å²) in [5.74, 6) is 0.622. The van der Waals surface area contributed by atoms with Gasteiger partial charge in [0.2, 0.25) is 5.91 Å². The molecule has 0 bridgehead atoms. The molecule has 0 saturated carbocycles. The molecule has 0 unspecified atom stereocenters. The quantitative estimate of drug-likeness (QED) is 0.763. The Bertz CT molecular complexity index is 347. The van der Waals surface area contributed by atoms with Gasteiger partial charge in [-0.3, -0.25) is 4.79 Å². The number of amides is 1. The maximum atomic E-state index is 11.8. The van der Waals surface area contributed by atoms with Crippen molar-refractivity contribution in [3.05, 3.63) is 16.1 Å². The monoisotopic (exact) mass is 244 g/mol. The van der Waals surface area contributed by atoms with Crippen LogP contribution in [0, 0.1) is 0 Å². The number of carbonyl (C=O) groups is 1. The highest BCUT2D eigenvalue weighted by atomic mass is 35.5. The number of halogens is 1. The van der Waals surface area contributed by atoms with Gasteiger partial charge in [-0.15, -0.1) is 22.9 Å². The number of nitrogens with zero attached hydrogens (tertiary/aromatic N) is 2. The molecule has 0 atom stereocenters. The standard InChI is InChI=1S/C10H13ClN2OS/c11-6-8-7-15-9(12-8)5-10(14)13-3-1-2-4-13/h7H,1-6H2. The molecule has 0 N–H and O–H groups in total. The first-order chi connectivity index (χ1) is 7.29. The van der Waals surface area contributed by atoms with Gasteiger partial charge in [-0.2, -0.15) is 0 Å². The van der Waals surface area contributed by atoms with Gasteiger partial charge in [0, 0.05) is 18.5 Å². The number of likely N-dealkylation sites (tertiary alicyclic amines) is 1. The Labute approximate surface area is 98.1 Å². The second-order valence-corrected chi connectivity index (χ2v) is 4.84. The summed E-state index contributed by atoms with van der Waals surface area (Å²) in [7, 11) is 0. The van der Waals surface area contributed by atoms with Crippen LogP contribution in [0.4, 0.5) is 0 Å². The predicted molar refractivity (Wildman–Crippen MR) is 61.2 cm³/mol.